The fourth-order valence-corrected chi connectivity index (χ4v) is 3.00. The lowest BCUT2D eigenvalue weighted by Gasteiger charge is -2.31. The molecule has 0 saturated carbocycles. The Hall–Kier alpha value is -2.18. The van der Waals surface area contributed by atoms with Crippen LogP contribution in [0.3, 0.4) is 0 Å². The Kier molecular flexibility index (Phi) is 4.19. The molecule has 23 heavy (non-hydrogen) atoms. The number of carbonyl (C=O) groups excluding carboxylic acids is 1. The van der Waals surface area contributed by atoms with E-state index in [2.05, 4.69) is 15.2 Å². The van der Waals surface area contributed by atoms with Crippen molar-refractivity contribution < 1.29 is 9.32 Å². The molecule has 1 amide bonds. The van der Waals surface area contributed by atoms with Crippen LogP contribution < -0.4 is 0 Å². The van der Waals surface area contributed by atoms with Crippen molar-refractivity contribution in [2.45, 2.75) is 45.4 Å². The fourth-order valence-electron chi connectivity index (χ4n) is 3.00. The summed E-state index contributed by atoms with van der Waals surface area (Å²) >= 11 is 0. The first-order valence-electron chi connectivity index (χ1n) is 8.08. The maximum atomic E-state index is 12.7. The van der Waals surface area contributed by atoms with E-state index in [1.165, 1.54) is 0 Å². The van der Waals surface area contributed by atoms with Gasteiger partial charge in [-0.1, -0.05) is 19.0 Å². The number of hydrogen-bond acceptors (Lipinski definition) is 5. The van der Waals surface area contributed by atoms with E-state index in [1.54, 1.807) is 10.9 Å². The Labute approximate surface area is 135 Å². The molecule has 0 radical (unpaired) electrons. The largest absolute Gasteiger partial charge is 0.339 e. The van der Waals surface area contributed by atoms with E-state index in [4.69, 9.17) is 4.52 Å². The standard InChI is InChI=1S/C16H23N5O2/c1-10(2)15-17-14(19-23-15)12-6-5-7-21(8-12)16(22)13-9-20(4)18-11(13)3/h9-10,12H,5-8H2,1-4H3/t12-/m1/s1. The molecule has 0 aromatic carbocycles. The van der Waals surface area contributed by atoms with Crippen molar-refractivity contribution in [1.82, 2.24) is 24.8 Å². The highest BCUT2D eigenvalue weighted by atomic mass is 16.5. The molecule has 1 saturated heterocycles. The highest BCUT2D eigenvalue weighted by Crippen LogP contribution is 2.27. The van der Waals surface area contributed by atoms with Crippen LogP contribution in [-0.4, -0.2) is 43.8 Å². The molecule has 3 rings (SSSR count). The molecular weight excluding hydrogens is 294 g/mol. The van der Waals surface area contributed by atoms with Gasteiger partial charge in [-0.3, -0.25) is 9.48 Å². The SMILES string of the molecule is Cc1nn(C)cc1C(=O)N1CCC[C@@H](c2noc(C(C)C)n2)C1. The van der Waals surface area contributed by atoms with Crippen LogP contribution in [0.5, 0.6) is 0 Å². The topological polar surface area (TPSA) is 77.0 Å². The number of piperidine rings is 1. The van der Waals surface area contributed by atoms with Crippen LogP contribution in [0, 0.1) is 6.92 Å². The summed E-state index contributed by atoms with van der Waals surface area (Å²) in [4.78, 5) is 19.1. The molecule has 7 nitrogen and oxygen atoms in total. The number of aromatic nitrogens is 4. The monoisotopic (exact) mass is 317 g/mol. The minimum atomic E-state index is 0.0351. The molecule has 3 heterocycles. The van der Waals surface area contributed by atoms with Crippen molar-refractivity contribution in [3.05, 3.63) is 29.2 Å². The van der Waals surface area contributed by atoms with Gasteiger partial charge in [0, 0.05) is 38.2 Å². The van der Waals surface area contributed by atoms with Gasteiger partial charge in [-0.05, 0) is 19.8 Å². The third kappa shape index (κ3) is 3.13. The molecule has 0 N–H and O–H groups in total. The molecule has 2 aromatic heterocycles. The molecule has 1 aliphatic rings. The molecule has 124 valence electrons. The van der Waals surface area contributed by atoms with E-state index < -0.39 is 0 Å². The lowest BCUT2D eigenvalue weighted by molar-refractivity contribution is 0.0703. The van der Waals surface area contributed by atoms with Crippen molar-refractivity contribution in [2.24, 2.45) is 7.05 Å². The van der Waals surface area contributed by atoms with Gasteiger partial charge in [-0.25, -0.2) is 0 Å². The van der Waals surface area contributed by atoms with Crippen LogP contribution >= 0.6 is 0 Å². The fraction of sp³-hybridized carbons (Fsp3) is 0.625. The van der Waals surface area contributed by atoms with Crippen LogP contribution in [0.25, 0.3) is 0 Å². The molecule has 1 aliphatic heterocycles. The summed E-state index contributed by atoms with van der Waals surface area (Å²) in [6.45, 7) is 7.31. The summed E-state index contributed by atoms with van der Waals surface area (Å²) in [5, 5.41) is 8.37. The summed E-state index contributed by atoms with van der Waals surface area (Å²) in [6, 6.07) is 0. The van der Waals surface area contributed by atoms with Gasteiger partial charge in [0.25, 0.3) is 5.91 Å². The summed E-state index contributed by atoms with van der Waals surface area (Å²) in [5.41, 5.74) is 1.44. The van der Waals surface area contributed by atoms with Crippen LogP contribution in [0.4, 0.5) is 0 Å². The first-order chi connectivity index (χ1) is 11.0. The number of aryl methyl sites for hydroxylation is 2. The van der Waals surface area contributed by atoms with Crippen molar-refractivity contribution in [3.8, 4) is 0 Å². The van der Waals surface area contributed by atoms with Crippen molar-refractivity contribution in [3.63, 3.8) is 0 Å². The Balaban J connectivity index is 1.75. The zero-order chi connectivity index (χ0) is 16.6. The summed E-state index contributed by atoms with van der Waals surface area (Å²) < 4.78 is 6.98. The normalized spacial score (nSPS) is 18.7. The van der Waals surface area contributed by atoms with Gasteiger partial charge in [-0.2, -0.15) is 10.1 Å². The Morgan fingerprint density at radius 1 is 1.43 bits per heavy atom. The maximum absolute atomic E-state index is 12.7. The number of nitrogens with zero attached hydrogens (tertiary/aromatic N) is 5. The van der Waals surface area contributed by atoms with Gasteiger partial charge in [0.15, 0.2) is 5.82 Å². The van der Waals surface area contributed by atoms with Crippen molar-refractivity contribution in [1.29, 1.82) is 0 Å². The second-order valence-corrected chi connectivity index (χ2v) is 6.54. The van der Waals surface area contributed by atoms with E-state index in [-0.39, 0.29) is 17.7 Å². The number of carbonyl (C=O) groups is 1. The van der Waals surface area contributed by atoms with Gasteiger partial charge < -0.3 is 9.42 Å². The minimum absolute atomic E-state index is 0.0351. The molecule has 1 atom stereocenters. The quantitative estimate of drug-likeness (QED) is 0.867. The zero-order valence-electron chi connectivity index (χ0n) is 14.1. The van der Waals surface area contributed by atoms with Crippen LogP contribution in [0.2, 0.25) is 0 Å². The van der Waals surface area contributed by atoms with Gasteiger partial charge in [0.05, 0.1) is 11.3 Å². The molecule has 0 aliphatic carbocycles. The predicted molar refractivity (Wildman–Crippen MR) is 84.2 cm³/mol. The van der Waals surface area contributed by atoms with Crippen molar-refractivity contribution >= 4 is 5.91 Å². The molecule has 0 unspecified atom stereocenters. The molecule has 0 spiro atoms. The maximum Gasteiger partial charge on any atom is 0.257 e. The zero-order valence-corrected chi connectivity index (χ0v) is 14.1. The number of hydrogen-bond donors (Lipinski definition) is 0. The van der Waals surface area contributed by atoms with Gasteiger partial charge in [-0.15, -0.1) is 0 Å². The van der Waals surface area contributed by atoms with Crippen molar-refractivity contribution in [2.75, 3.05) is 13.1 Å². The smallest absolute Gasteiger partial charge is 0.257 e. The van der Waals surface area contributed by atoms with E-state index in [9.17, 15) is 4.79 Å². The number of amides is 1. The van der Waals surface area contributed by atoms with Gasteiger partial charge in [0.2, 0.25) is 5.89 Å². The highest BCUT2D eigenvalue weighted by molar-refractivity contribution is 5.95. The summed E-state index contributed by atoms with van der Waals surface area (Å²) in [6.07, 6.45) is 3.71. The second-order valence-electron chi connectivity index (χ2n) is 6.54. The average molecular weight is 317 g/mol. The molecule has 0 bridgehead atoms. The summed E-state index contributed by atoms with van der Waals surface area (Å²) in [5.74, 6) is 1.77. The summed E-state index contributed by atoms with van der Waals surface area (Å²) in [7, 11) is 1.83. The van der Waals surface area contributed by atoms with Crippen LogP contribution in [-0.2, 0) is 7.05 Å². The van der Waals surface area contributed by atoms with Gasteiger partial charge >= 0.3 is 0 Å². The van der Waals surface area contributed by atoms with Crippen LogP contribution in [0.1, 0.15) is 66.3 Å². The Bertz CT molecular complexity index is 703. The second kappa shape index (κ2) is 6.14. The molecule has 2 aromatic rings. The Morgan fingerprint density at radius 3 is 2.83 bits per heavy atom. The third-order valence-electron chi connectivity index (χ3n) is 4.27. The van der Waals surface area contributed by atoms with E-state index >= 15 is 0 Å². The van der Waals surface area contributed by atoms with E-state index in [1.807, 2.05) is 32.7 Å². The number of rotatable bonds is 3. The predicted octanol–water partition coefficient (Wildman–Crippen LogP) is 2.25. The number of likely N-dealkylation sites (tertiary alicyclic amines) is 1. The third-order valence-corrected chi connectivity index (χ3v) is 4.27. The lowest BCUT2D eigenvalue weighted by atomic mass is 9.96. The highest BCUT2D eigenvalue weighted by Gasteiger charge is 2.30. The molecular formula is C16H23N5O2. The van der Waals surface area contributed by atoms with Gasteiger partial charge in [0.1, 0.15) is 0 Å². The van der Waals surface area contributed by atoms with E-state index in [0.717, 1.165) is 25.1 Å². The first kappa shape index (κ1) is 15.7. The average Bonchev–Trinajstić information content (AvgIpc) is 3.13. The first-order valence-corrected chi connectivity index (χ1v) is 8.08. The minimum Gasteiger partial charge on any atom is -0.339 e. The van der Waals surface area contributed by atoms with Crippen LogP contribution in [0.15, 0.2) is 10.7 Å². The Morgan fingerprint density at radius 2 is 2.22 bits per heavy atom. The lowest BCUT2D eigenvalue weighted by Crippen LogP contribution is -2.39. The molecule has 7 heteroatoms. The van der Waals surface area contributed by atoms with E-state index in [0.29, 0.717) is 23.8 Å². The molecule has 1 fully saturated rings.